The topological polar surface area (TPSA) is 98.1 Å². The number of nitrogens with zero attached hydrogens (tertiary/aromatic N) is 1. The van der Waals surface area contributed by atoms with Gasteiger partial charge in [-0.3, -0.25) is 9.59 Å². The van der Waals surface area contributed by atoms with Gasteiger partial charge in [-0.1, -0.05) is 30.3 Å². The van der Waals surface area contributed by atoms with Crippen molar-refractivity contribution in [2.24, 2.45) is 0 Å². The highest BCUT2D eigenvalue weighted by Crippen LogP contribution is 2.20. The predicted octanol–water partition coefficient (Wildman–Crippen LogP) is 3.18. The number of rotatable bonds is 9. The van der Waals surface area contributed by atoms with Crippen LogP contribution in [0, 0.1) is 0 Å². The summed E-state index contributed by atoms with van der Waals surface area (Å²) in [7, 11) is 1.51. The third-order valence-electron chi connectivity index (χ3n) is 4.61. The molecule has 0 fully saturated rings. The van der Waals surface area contributed by atoms with Crippen molar-refractivity contribution in [3.05, 3.63) is 84.3 Å². The van der Waals surface area contributed by atoms with Crippen LogP contribution in [0.2, 0.25) is 0 Å². The highest BCUT2D eigenvalue weighted by molar-refractivity contribution is 6.05. The summed E-state index contributed by atoms with van der Waals surface area (Å²) in [5.74, 6) is -0.385. The van der Waals surface area contributed by atoms with Crippen LogP contribution in [0.15, 0.2) is 77.4 Å². The average Bonchev–Trinajstić information content (AvgIpc) is 3.34. The molecule has 0 saturated carbocycles. The SMILES string of the molecule is CC(Oc1ccccc1)C(=O)OCC(=O)N(C)c1ccccc1C(=O)NCc1ccco1. The molecule has 3 rings (SSSR count). The monoisotopic (exact) mass is 436 g/mol. The zero-order valence-electron chi connectivity index (χ0n) is 17.8. The van der Waals surface area contributed by atoms with E-state index in [1.54, 1.807) is 67.6 Å². The zero-order chi connectivity index (χ0) is 22.9. The summed E-state index contributed by atoms with van der Waals surface area (Å²) >= 11 is 0. The summed E-state index contributed by atoms with van der Waals surface area (Å²) in [6.07, 6.45) is 0.643. The molecule has 2 aromatic carbocycles. The van der Waals surface area contributed by atoms with Gasteiger partial charge in [-0.2, -0.15) is 0 Å². The molecule has 32 heavy (non-hydrogen) atoms. The number of carbonyl (C=O) groups is 3. The van der Waals surface area contributed by atoms with E-state index in [1.165, 1.54) is 18.2 Å². The van der Waals surface area contributed by atoms with Crippen molar-refractivity contribution < 1.29 is 28.3 Å². The van der Waals surface area contributed by atoms with Gasteiger partial charge in [0.2, 0.25) is 0 Å². The van der Waals surface area contributed by atoms with Crippen molar-refractivity contribution in [3.63, 3.8) is 0 Å². The highest BCUT2D eigenvalue weighted by Gasteiger charge is 2.22. The lowest BCUT2D eigenvalue weighted by Crippen LogP contribution is -2.35. The van der Waals surface area contributed by atoms with Crippen LogP contribution in [0.4, 0.5) is 5.69 Å². The molecule has 0 radical (unpaired) electrons. The van der Waals surface area contributed by atoms with E-state index in [1.807, 2.05) is 6.07 Å². The van der Waals surface area contributed by atoms with Crippen LogP contribution in [0.1, 0.15) is 23.0 Å². The summed E-state index contributed by atoms with van der Waals surface area (Å²) in [5, 5.41) is 2.75. The maximum atomic E-state index is 12.6. The Morgan fingerprint density at radius 1 is 1.00 bits per heavy atom. The van der Waals surface area contributed by atoms with E-state index in [-0.39, 0.29) is 12.5 Å². The van der Waals surface area contributed by atoms with E-state index in [2.05, 4.69) is 5.32 Å². The van der Waals surface area contributed by atoms with Crippen molar-refractivity contribution in [2.75, 3.05) is 18.6 Å². The lowest BCUT2D eigenvalue weighted by molar-refractivity contribution is -0.154. The first-order valence-corrected chi connectivity index (χ1v) is 10.00. The van der Waals surface area contributed by atoms with Crippen LogP contribution < -0.4 is 15.0 Å². The number of hydrogen-bond donors (Lipinski definition) is 1. The van der Waals surface area contributed by atoms with Gasteiger partial charge in [-0.15, -0.1) is 0 Å². The van der Waals surface area contributed by atoms with Gasteiger partial charge in [0, 0.05) is 7.05 Å². The van der Waals surface area contributed by atoms with E-state index in [0.29, 0.717) is 22.8 Å². The first-order chi connectivity index (χ1) is 15.5. The number of esters is 1. The van der Waals surface area contributed by atoms with E-state index < -0.39 is 24.6 Å². The normalized spacial score (nSPS) is 11.3. The number of ether oxygens (including phenoxy) is 2. The van der Waals surface area contributed by atoms with Crippen LogP contribution in [0.5, 0.6) is 5.75 Å². The van der Waals surface area contributed by atoms with E-state index in [0.717, 1.165) is 0 Å². The maximum absolute atomic E-state index is 12.6. The van der Waals surface area contributed by atoms with Crippen LogP contribution in [-0.2, 0) is 20.9 Å². The number of amides is 2. The third-order valence-corrected chi connectivity index (χ3v) is 4.61. The second-order valence-corrected chi connectivity index (χ2v) is 6.91. The van der Waals surface area contributed by atoms with Crippen molar-refractivity contribution >= 4 is 23.5 Å². The Bertz CT molecular complexity index is 1050. The molecule has 1 N–H and O–H groups in total. The summed E-state index contributed by atoms with van der Waals surface area (Å²) in [5.41, 5.74) is 0.695. The first kappa shape index (κ1) is 22.6. The number of likely N-dealkylation sites (N-methyl/N-ethyl adjacent to an activating group) is 1. The van der Waals surface area contributed by atoms with Crippen LogP contribution in [0.25, 0.3) is 0 Å². The second kappa shape index (κ2) is 10.8. The molecular weight excluding hydrogens is 412 g/mol. The summed E-state index contributed by atoms with van der Waals surface area (Å²) in [6.45, 7) is 1.27. The second-order valence-electron chi connectivity index (χ2n) is 6.91. The molecule has 0 bridgehead atoms. The summed E-state index contributed by atoms with van der Waals surface area (Å²) in [4.78, 5) is 38.7. The summed E-state index contributed by atoms with van der Waals surface area (Å²) < 4.78 is 15.8. The average molecular weight is 436 g/mol. The van der Waals surface area contributed by atoms with Crippen LogP contribution in [-0.4, -0.2) is 37.5 Å². The fourth-order valence-electron chi connectivity index (χ4n) is 2.87. The third kappa shape index (κ3) is 5.98. The Balaban J connectivity index is 1.57. The minimum atomic E-state index is -0.879. The van der Waals surface area contributed by atoms with Gasteiger partial charge >= 0.3 is 5.97 Å². The molecule has 0 aliphatic rings. The summed E-state index contributed by atoms with van der Waals surface area (Å²) in [6, 6.07) is 19.0. The van der Waals surface area contributed by atoms with E-state index in [4.69, 9.17) is 13.9 Å². The highest BCUT2D eigenvalue weighted by atomic mass is 16.6. The molecule has 0 spiro atoms. The van der Waals surface area contributed by atoms with Crippen molar-refractivity contribution in [1.82, 2.24) is 5.32 Å². The Labute approximate surface area is 185 Å². The molecule has 0 aliphatic heterocycles. The van der Waals surface area contributed by atoms with Crippen molar-refractivity contribution in [2.45, 2.75) is 19.6 Å². The maximum Gasteiger partial charge on any atom is 0.347 e. The largest absolute Gasteiger partial charge is 0.479 e. The molecule has 2 amide bonds. The Morgan fingerprint density at radius 3 is 2.44 bits per heavy atom. The lowest BCUT2D eigenvalue weighted by Gasteiger charge is -2.21. The molecule has 8 heteroatoms. The molecule has 1 aromatic heterocycles. The lowest BCUT2D eigenvalue weighted by atomic mass is 10.1. The molecule has 0 aliphatic carbocycles. The smallest absolute Gasteiger partial charge is 0.347 e. The van der Waals surface area contributed by atoms with Gasteiger partial charge in [0.25, 0.3) is 11.8 Å². The minimum absolute atomic E-state index is 0.217. The van der Waals surface area contributed by atoms with E-state index >= 15 is 0 Å². The van der Waals surface area contributed by atoms with Gasteiger partial charge in [0.1, 0.15) is 11.5 Å². The quantitative estimate of drug-likeness (QED) is 0.518. The number of nitrogens with one attached hydrogen (secondary N) is 1. The van der Waals surface area contributed by atoms with Gasteiger partial charge in [-0.05, 0) is 43.3 Å². The van der Waals surface area contributed by atoms with Gasteiger partial charge in [0.15, 0.2) is 12.7 Å². The zero-order valence-corrected chi connectivity index (χ0v) is 17.8. The molecule has 1 heterocycles. The molecule has 8 nitrogen and oxygen atoms in total. The molecule has 3 aromatic rings. The fraction of sp³-hybridized carbons (Fsp3) is 0.208. The Hall–Kier alpha value is -4.07. The number of furan rings is 1. The minimum Gasteiger partial charge on any atom is -0.479 e. The fourth-order valence-corrected chi connectivity index (χ4v) is 2.87. The van der Waals surface area contributed by atoms with Crippen LogP contribution in [0.3, 0.4) is 0 Å². The van der Waals surface area contributed by atoms with Crippen molar-refractivity contribution in [1.29, 1.82) is 0 Å². The number of benzene rings is 2. The van der Waals surface area contributed by atoms with Crippen LogP contribution >= 0.6 is 0 Å². The number of hydrogen-bond acceptors (Lipinski definition) is 6. The molecule has 1 atom stereocenters. The molecule has 0 saturated heterocycles. The Morgan fingerprint density at radius 2 is 1.72 bits per heavy atom. The number of anilines is 1. The molecule has 1 unspecified atom stereocenters. The van der Waals surface area contributed by atoms with Crippen molar-refractivity contribution in [3.8, 4) is 5.75 Å². The van der Waals surface area contributed by atoms with Gasteiger partial charge in [-0.25, -0.2) is 4.79 Å². The van der Waals surface area contributed by atoms with Gasteiger partial charge < -0.3 is 24.1 Å². The number of carbonyl (C=O) groups excluding carboxylic acids is 3. The Kier molecular flexibility index (Phi) is 7.64. The van der Waals surface area contributed by atoms with E-state index in [9.17, 15) is 14.4 Å². The number of para-hydroxylation sites is 2. The predicted molar refractivity (Wildman–Crippen MR) is 117 cm³/mol. The standard InChI is InChI=1S/C24H24N2O6/c1-17(32-18-9-4-3-5-10-18)24(29)31-16-22(27)26(2)21-13-7-6-12-20(21)23(28)25-15-19-11-8-14-30-19/h3-14,17H,15-16H2,1-2H3,(H,25,28). The first-order valence-electron chi connectivity index (χ1n) is 10.00. The van der Waals surface area contributed by atoms with Gasteiger partial charge in [0.05, 0.1) is 24.1 Å². The molecular formula is C24H24N2O6. The molecule has 166 valence electrons.